The number of benzene rings is 2. The number of rotatable bonds is 4. The molecule has 138 valence electrons. The maximum atomic E-state index is 12.9. The van der Waals surface area contributed by atoms with Crippen LogP contribution in [0.4, 0.5) is 16.2 Å². The van der Waals surface area contributed by atoms with Gasteiger partial charge in [0, 0.05) is 10.7 Å². The second-order valence-electron chi connectivity index (χ2n) is 5.87. The van der Waals surface area contributed by atoms with Gasteiger partial charge in [0.05, 0.1) is 17.3 Å². The Kier molecular flexibility index (Phi) is 5.05. The number of carbonyl (C=O) groups is 1. The lowest BCUT2D eigenvalue weighted by Gasteiger charge is -2.17. The molecule has 0 spiro atoms. The number of carbonyl (C=O) groups excluding carboxylic acids is 1. The number of ether oxygens (including phenoxy) is 1. The van der Waals surface area contributed by atoms with Gasteiger partial charge in [-0.15, -0.1) is 0 Å². The summed E-state index contributed by atoms with van der Waals surface area (Å²) in [6.07, 6.45) is -0.464. The molecule has 1 amide bonds. The number of anilines is 2. The zero-order valence-corrected chi connectivity index (χ0v) is 16.4. The van der Waals surface area contributed by atoms with Crippen LogP contribution in [-0.2, 0) is 14.8 Å². The molecular weight excluding hydrogens is 399 g/mol. The highest BCUT2D eigenvalue weighted by atomic mass is 35.5. The minimum absolute atomic E-state index is 0.0600. The van der Waals surface area contributed by atoms with Gasteiger partial charge in [-0.05, 0) is 49.2 Å². The van der Waals surface area contributed by atoms with Gasteiger partial charge in [0.2, 0.25) is 0 Å². The summed E-state index contributed by atoms with van der Waals surface area (Å²) in [4.78, 5) is 13.1. The molecule has 0 aromatic heterocycles. The number of hydrogen-bond acceptors (Lipinski definition) is 4. The molecule has 3 rings (SSSR count). The molecule has 0 bridgehead atoms. The fourth-order valence-electron chi connectivity index (χ4n) is 2.70. The molecule has 1 saturated heterocycles. The van der Waals surface area contributed by atoms with E-state index in [0.717, 1.165) is 0 Å². The molecule has 1 fully saturated rings. The van der Waals surface area contributed by atoms with E-state index in [-0.39, 0.29) is 9.92 Å². The Morgan fingerprint density at radius 1 is 1.19 bits per heavy atom. The van der Waals surface area contributed by atoms with E-state index >= 15 is 0 Å². The van der Waals surface area contributed by atoms with Crippen molar-refractivity contribution in [3.63, 3.8) is 0 Å². The molecule has 1 heterocycles. The monoisotopic (exact) mass is 414 g/mol. The number of hydrogen-bond donors (Lipinski definition) is 1. The highest BCUT2D eigenvalue weighted by Gasteiger charge is 2.26. The summed E-state index contributed by atoms with van der Waals surface area (Å²) in [5, 5.41) is 0.444. The van der Waals surface area contributed by atoms with Crippen molar-refractivity contribution in [3.8, 4) is 0 Å². The second kappa shape index (κ2) is 6.98. The van der Waals surface area contributed by atoms with E-state index in [4.69, 9.17) is 27.9 Å². The van der Waals surface area contributed by atoms with E-state index in [2.05, 4.69) is 4.72 Å². The van der Waals surface area contributed by atoms with Gasteiger partial charge >= 0.3 is 6.09 Å². The van der Waals surface area contributed by atoms with Crippen molar-refractivity contribution in [1.29, 1.82) is 0 Å². The van der Waals surface area contributed by atoms with Crippen molar-refractivity contribution in [1.82, 2.24) is 0 Å². The Hall–Kier alpha value is -1.96. The molecule has 0 aliphatic carbocycles. The number of amides is 1. The van der Waals surface area contributed by atoms with Crippen molar-refractivity contribution >= 4 is 50.7 Å². The average molecular weight is 415 g/mol. The first-order valence-corrected chi connectivity index (χ1v) is 9.97. The smallest absolute Gasteiger partial charge is 0.414 e. The quantitative estimate of drug-likeness (QED) is 0.805. The number of aryl methyl sites for hydroxylation is 1. The lowest BCUT2D eigenvalue weighted by Crippen LogP contribution is -2.23. The molecule has 26 heavy (non-hydrogen) atoms. The largest absolute Gasteiger partial charge is 0.447 e. The Morgan fingerprint density at radius 3 is 2.58 bits per heavy atom. The van der Waals surface area contributed by atoms with E-state index in [1.54, 1.807) is 44.2 Å². The molecular formula is C17H16Cl2N2O4S. The van der Waals surface area contributed by atoms with Crippen LogP contribution >= 0.6 is 23.2 Å². The third-order valence-electron chi connectivity index (χ3n) is 4.03. The lowest BCUT2D eigenvalue weighted by molar-refractivity contribution is 0.181. The van der Waals surface area contributed by atoms with Crippen LogP contribution in [0.3, 0.4) is 0 Å². The Balaban J connectivity index is 1.98. The van der Waals surface area contributed by atoms with Crippen molar-refractivity contribution in [3.05, 3.63) is 51.5 Å². The fraction of sp³-hybridized carbons (Fsp3) is 0.235. The van der Waals surface area contributed by atoms with Crippen molar-refractivity contribution in [2.75, 3.05) is 22.8 Å². The maximum Gasteiger partial charge on any atom is 0.414 e. The van der Waals surface area contributed by atoms with Gasteiger partial charge in [-0.3, -0.25) is 9.62 Å². The summed E-state index contributed by atoms with van der Waals surface area (Å²) < 4.78 is 33.2. The van der Waals surface area contributed by atoms with Gasteiger partial charge in [-0.1, -0.05) is 29.3 Å². The predicted octanol–water partition coefficient (Wildman–Crippen LogP) is 4.37. The van der Waals surface area contributed by atoms with E-state index in [1.807, 2.05) is 0 Å². The molecule has 1 N–H and O–H groups in total. The van der Waals surface area contributed by atoms with E-state index < -0.39 is 16.1 Å². The Labute approximate surface area is 161 Å². The zero-order chi connectivity index (χ0) is 19.1. The van der Waals surface area contributed by atoms with Crippen LogP contribution in [0.5, 0.6) is 0 Å². The van der Waals surface area contributed by atoms with Crippen molar-refractivity contribution in [2.24, 2.45) is 0 Å². The van der Waals surface area contributed by atoms with E-state index in [1.165, 1.54) is 4.90 Å². The molecule has 0 unspecified atom stereocenters. The SMILES string of the molecule is Cc1cc(Cl)c(C)c(S(=O)(=O)Nc2cccc(N3CCOC3=O)c2)c1Cl. The normalized spacial score (nSPS) is 14.5. The minimum Gasteiger partial charge on any atom is -0.447 e. The number of cyclic esters (lactones) is 1. The first-order valence-electron chi connectivity index (χ1n) is 7.73. The molecule has 0 radical (unpaired) electrons. The molecule has 0 saturated carbocycles. The van der Waals surface area contributed by atoms with Crippen LogP contribution < -0.4 is 9.62 Å². The summed E-state index contributed by atoms with van der Waals surface area (Å²) >= 11 is 12.3. The highest BCUT2D eigenvalue weighted by molar-refractivity contribution is 7.93. The number of nitrogens with one attached hydrogen (secondary N) is 1. The van der Waals surface area contributed by atoms with Gasteiger partial charge < -0.3 is 4.74 Å². The maximum absolute atomic E-state index is 12.9. The van der Waals surface area contributed by atoms with E-state index in [9.17, 15) is 13.2 Å². The van der Waals surface area contributed by atoms with Crippen molar-refractivity contribution < 1.29 is 17.9 Å². The van der Waals surface area contributed by atoms with Gasteiger partial charge in [0.1, 0.15) is 11.5 Å². The fourth-order valence-corrected chi connectivity index (χ4v) is 4.97. The number of nitrogens with zero attached hydrogens (tertiary/aromatic N) is 1. The highest BCUT2D eigenvalue weighted by Crippen LogP contribution is 2.34. The molecule has 2 aromatic rings. The predicted molar refractivity (Wildman–Crippen MR) is 102 cm³/mol. The summed E-state index contributed by atoms with van der Waals surface area (Å²) in [7, 11) is -3.97. The summed E-state index contributed by atoms with van der Waals surface area (Å²) in [6, 6.07) is 8.12. The molecule has 0 atom stereocenters. The van der Waals surface area contributed by atoms with Gasteiger partial charge in [-0.2, -0.15) is 0 Å². The summed E-state index contributed by atoms with van der Waals surface area (Å²) in [5.74, 6) is 0. The van der Waals surface area contributed by atoms with E-state index in [0.29, 0.717) is 40.7 Å². The lowest BCUT2D eigenvalue weighted by atomic mass is 10.2. The zero-order valence-electron chi connectivity index (χ0n) is 14.0. The summed E-state index contributed by atoms with van der Waals surface area (Å²) in [5.41, 5.74) is 1.78. The Morgan fingerprint density at radius 2 is 1.92 bits per heavy atom. The van der Waals surface area contributed by atoms with Crippen LogP contribution in [-0.4, -0.2) is 27.7 Å². The van der Waals surface area contributed by atoms with Crippen LogP contribution in [0.25, 0.3) is 0 Å². The topological polar surface area (TPSA) is 75.7 Å². The minimum atomic E-state index is -3.97. The number of sulfonamides is 1. The van der Waals surface area contributed by atoms with Crippen LogP contribution in [0.2, 0.25) is 10.0 Å². The summed E-state index contributed by atoms with van der Waals surface area (Å²) in [6.45, 7) is 3.99. The third-order valence-corrected chi connectivity index (χ3v) is 6.57. The third kappa shape index (κ3) is 3.47. The van der Waals surface area contributed by atoms with Crippen LogP contribution in [0.15, 0.2) is 35.2 Å². The van der Waals surface area contributed by atoms with Crippen LogP contribution in [0, 0.1) is 13.8 Å². The average Bonchev–Trinajstić information content (AvgIpc) is 2.99. The molecule has 1 aliphatic heterocycles. The van der Waals surface area contributed by atoms with Crippen molar-refractivity contribution in [2.45, 2.75) is 18.7 Å². The molecule has 6 nitrogen and oxygen atoms in total. The van der Waals surface area contributed by atoms with Gasteiger partial charge in [-0.25, -0.2) is 13.2 Å². The molecule has 9 heteroatoms. The first kappa shape index (κ1) is 18.8. The van der Waals surface area contributed by atoms with Gasteiger partial charge in [0.25, 0.3) is 10.0 Å². The molecule has 1 aliphatic rings. The van der Waals surface area contributed by atoms with Gasteiger partial charge in [0.15, 0.2) is 0 Å². The number of halogens is 2. The molecule has 2 aromatic carbocycles. The Bertz CT molecular complexity index is 966. The standard InChI is InChI=1S/C17H16Cl2N2O4S/c1-10-8-14(18)11(2)16(15(10)19)26(23,24)20-12-4-3-5-13(9-12)21-6-7-25-17(21)22/h3-5,8-9,20H,6-7H2,1-2H3. The van der Waals surface area contributed by atoms with Crippen LogP contribution in [0.1, 0.15) is 11.1 Å². The first-order chi connectivity index (χ1) is 12.2. The second-order valence-corrected chi connectivity index (χ2v) is 8.27.